The number of nitrogens with zero attached hydrogens (tertiary/aromatic N) is 1. The minimum Gasteiger partial charge on any atom is -0.345 e. The highest BCUT2D eigenvalue weighted by molar-refractivity contribution is 6.16. The van der Waals surface area contributed by atoms with Gasteiger partial charge in [0.25, 0.3) is 0 Å². The monoisotopic (exact) mass is 172 g/mol. The molecule has 0 fully saturated rings. The van der Waals surface area contributed by atoms with Gasteiger partial charge in [0.1, 0.15) is 5.82 Å². The fourth-order valence-electron chi connectivity index (χ4n) is 0.964. The van der Waals surface area contributed by atoms with E-state index in [1.165, 1.54) is 0 Å². The van der Waals surface area contributed by atoms with E-state index in [-0.39, 0.29) is 0 Å². The smallest absolute Gasteiger partial charge is 0.106 e. The number of rotatable bonds is 3. The highest BCUT2D eigenvalue weighted by atomic mass is 35.5. The van der Waals surface area contributed by atoms with Gasteiger partial charge in [-0.3, -0.25) is 0 Å². The molecule has 2 nitrogen and oxygen atoms in total. The molecule has 0 aliphatic carbocycles. The van der Waals surface area contributed by atoms with E-state index in [0.717, 1.165) is 17.9 Å². The van der Waals surface area contributed by atoms with Crippen molar-refractivity contribution in [1.82, 2.24) is 9.97 Å². The molecular formula is C8H13ClN2. The summed E-state index contributed by atoms with van der Waals surface area (Å²) in [5.74, 6) is 2.20. The van der Waals surface area contributed by atoms with Crippen molar-refractivity contribution < 1.29 is 0 Å². The Labute approximate surface area is 72.0 Å². The van der Waals surface area contributed by atoms with Gasteiger partial charge in [0.15, 0.2) is 0 Å². The van der Waals surface area contributed by atoms with Gasteiger partial charge >= 0.3 is 0 Å². The van der Waals surface area contributed by atoms with Crippen LogP contribution in [0, 0.1) is 5.92 Å². The zero-order valence-corrected chi connectivity index (χ0v) is 7.65. The molecular weight excluding hydrogens is 160 g/mol. The molecule has 0 bridgehead atoms. The Morgan fingerprint density at radius 3 is 2.82 bits per heavy atom. The first kappa shape index (κ1) is 8.60. The molecule has 11 heavy (non-hydrogen) atoms. The van der Waals surface area contributed by atoms with Crippen LogP contribution < -0.4 is 0 Å². The molecule has 0 saturated heterocycles. The van der Waals surface area contributed by atoms with Crippen LogP contribution in [0.1, 0.15) is 25.4 Å². The van der Waals surface area contributed by atoms with Gasteiger partial charge in [-0.1, -0.05) is 13.8 Å². The minimum atomic E-state index is 0.519. The van der Waals surface area contributed by atoms with Gasteiger partial charge in [-0.15, -0.1) is 11.6 Å². The van der Waals surface area contributed by atoms with Crippen molar-refractivity contribution in [2.45, 2.75) is 26.1 Å². The zero-order chi connectivity index (χ0) is 8.27. The van der Waals surface area contributed by atoms with Crippen LogP contribution in [-0.2, 0) is 12.3 Å². The maximum atomic E-state index is 5.61. The maximum absolute atomic E-state index is 5.61. The quantitative estimate of drug-likeness (QED) is 0.697. The van der Waals surface area contributed by atoms with Crippen molar-refractivity contribution in [2.24, 2.45) is 5.92 Å². The van der Waals surface area contributed by atoms with E-state index < -0.39 is 0 Å². The van der Waals surface area contributed by atoms with Gasteiger partial charge in [0.05, 0.1) is 5.88 Å². The number of imidazole rings is 1. The molecule has 62 valence electrons. The molecule has 1 heterocycles. The van der Waals surface area contributed by atoms with Crippen LogP contribution >= 0.6 is 11.6 Å². The van der Waals surface area contributed by atoms with Crippen LogP contribution in [0.15, 0.2) is 6.20 Å². The van der Waals surface area contributed by atoms with E-state index in [1.54, 1.807) is 6.20 Å². The lowest BCUT2D eigenvalue weighted by Crippen LogP contribution is -1.95. The van der Waals surface area contributed by atoms with Crippen LogP contribution in [-0.4, -0.2) is 9.97 Å². The second kappa shape index (κ2) is 3.77. The number of alkyl halides is 1. The number of H-pyrrole nitrogens is 1. The Morgan fingerprint density at radius 1 is 1.64 bits per heavy atom. The number of hydrogen-bond donors (Lipinski definition) is 1. The third-order valence-corrected chi connectivity index (χ3v) is 1.71. The first-order valence-corrected chi connectivity index (χ1v) is 4.34. The van der Waals surface area contributed by atoms with Crippen LogP contribution in [0.2, 0.25) is 0 Å². The largest absolute Gasteiger partial charge is 0.345 e. The fourth-order valence-corrected chi connectivity index (χ4v) is 1.10. The SMILES string of the molecule is CC(C)Cc1ncc(CCl)[nH]1. The average Bonchev–Trinajstić information content (AvgIpc) is 2.34. The average molecular weight is 173 g/mol. The summed E-state index contributed by atoms with van der Waals surface area (Å²) >= 11 is 5.61. The summed E-state index contributed by atoms with van der Waals surface area (Å²) in [4.78, 5) is 7.34. The van der Waals surface area contributed by atoms with Crippen molar-refractivity contribution in [3.8, 4) is 0 Å². The highest BCUT2D eigenvalue weighted by Crippen LogP contribution is 2.05. The molecule has 0 atom stereocenters. The Balaban J connectivity index is 2.58. The fraction of sp³-hybridized carbons (Fsp3) is 0.625. The second-order valence-corrected chi connectivity index (χ2v) is 3.35. The molecule has 0 saturated carbocycles. The highest BCUT2D eigenvalue weighted by Gasteiger charge is 2.01. The first-order chi connectivity index (χ1) is 5.22. The van der Waals surface area contributed by atoms with E-state index in [2.05, 4.69) is 23.8 Å². The normalized spacial score (nSPS) is 10.9. The number of halogens is 1. The van der Waals surface area contributed by atoms with Crippen molar-refractivity contribution >= 4 is 11.6 Å². The van der Waals surface area contributed by atoms with Gasteiger partial charge < -0.3 is 4.98 Å². The van der Waals surface area contributed by atoms with Crippen LogP contribution in [0.4, 0.5) is 0 Å². The molecule has 0 aliphatic heterocycles. The molecule has 0 aromatic carbocycles. The van der Waals surface area contributed by atoms with E-state index in [9.17, 15) is 0 Å². The van der Waals surface area contributed by atoms with E-state index in [1.807, 2.05) is 0 Å². The molecule has 0 aliphatic rings. The van der Waals surface area contributed by atoms with Crippen molar-refractivity contribution in [1.29, 1.82) is 0 Å². The Bertz CT molecular complexity index is 218. The number of aromatic nitrogens is 2. The summed E-state index contributed by atoms with van der Waals surface area (Å²) in [6, 6.07) is 0. The van der Waals surface area contributed by atoms with Crippen molar-refractivity contribution in [2.75, 3.05) is 0 Å². The third kappa shape index (κ3) is 2.54. The summed E-state index contributed by atoms with van der Waals surface area (Å²) in [5, 5.41) is 0. The van der Waals surface area contributed by atoms with Crippen LogP contribution in [0.3, 0.4) is 0 Å². The molecule has 1 aromatic rings. The molecule has 3 heteroatoms. The van der Waals surface area contributed by atoms with E-state index >= 15 is 0 Å². The van der Waals surface area contributed by atoms with E-state index in [0.29, 0.717) is 11.8 Å². The van der Waals surface area contributed by atoms with Gasteiger partial charge in [-0.2, -0.15) is 0 Å². The second-order valence-electron chi connectivity index (χ2n) is 3.09. The topological polar surface area (TPSA) is 28.7 Å². The molecule has 1 rings (SSSR count). The van der Waals surface area contributed by atoms with Gasteiger partial charge in [0.2, 0.25) is 0 Å². The summed E-state index contributed by atoms with van der Waals surface area (Å²) < 4.78 is 0. The minimum absolute atomic E-state index is 0.519. The predicted molar refractivity (Wildman–Crippen MR) is 46.7 cm³/mol. The van der Waals surface area contributed by atoms with Crippen molar-refractivity contribution in [3.63, 3.8) is 0 Å². The van der Waals surface area contributed by atoms with Gasteiger partial charge in [0, 0.05) is 18.3 Å². The Morgan fingerprint density at radius 2 is 2.36 bits per heavy atom. The lowest BCUT2D eigenvalue weighted by Gasteiger charge is -1.98. The molecule has 0 amide bonds. The molecule has 1 aromatic heterocycles. The number of aromatic amines is 1. The summed E-state index contributed by atoms with van der Waals surface area (Å²) in [6.07, 6.45) is 2.79. The first-order valence-electron chi connectivity index (χ1n) is 3.81. The molecule has 0 radical (unpaired) electrons. The Hall–Kier alpha value is -0.500. The molecule has 0 unspecified atom stereocenters. The predicted octanol–water partition coefficient (Wildman–Crippen LogP) is 2.35. The molecule has 0 spiro atoms. The van der Waals surface area contributed by atoms with Gasteiger partial charge in [-0.05, 0) is 5.92 Å². The lowest BCUT2D eigenvalue weighted by atomic mass is 10.1. The Kier molecular flexibility index (Phi) is 2.94. The van der Waals surface area contributed by atoms with Crippen LogP contribution in [0.5, 0.6) is 0 Å². The number of hydrogen-bond acceptors (Lipinski definition) is 1. The standard InChI is InChI=1S/C8H13ClN2/c1-6(2)3-8-10-5-7(4-9)11-8/h5-6H,3-4H2,1-2H3,(H,10,11). The third-order valence-electron chi connectivity index (χ3n) is 1.43. The number of nitrogens with one attached hydrogen (secondary N) is 1. The summed E-state index contributed by atoms with van der Waals surface area (Å²) in [6.45, 7) is 4.34. The van der Waals surface area contributed by atoms with Crippen molar-refractivity contribution in [3.05, 3.63) is 17.7 Å². The lowest BCUT2D eigenvalue weighted by molar-refractivity contribution is 0.625. The summed E-state index contributed by atoms with van der Waals surface area (Å²) in [7, 11) is 0. The van der Waals surface area contributed by atoms with Crippen LogP contribution in [0.25, 0.3) is 0 Å². The maximum Gasteiger partial charge on any atom is 0.106 e. The van der Waals surface area contributed by atoms with E-state index in [4.69, 9.17) is 11.6 Å². The molecule has 1 N–H and O–H groups in total. The summed E-state index contributed by atoms with van der Waals surface area (Å²) in [5.41, 5.74) is 1.00. The van der Waals surface area contributed by atoms with Gasteiger partial charge in [-0.25, -0.2) is 4.98 Å². The zero-order valence-electron chi connectivity index (χ0n) is 6.89.